The number of aromatic amines is 1. The molecule has 90 valence electrons. The minimum absolute atomic E-state index is 0.363. The van der Waals surface area contributed by atoms with Crippen LogP contribution >= 0.6 is 0 Å². The Morgan fingerprint density at radius 3 is 2.41 bits per heavy atom. The fourth-order valence-corrected chi connectivity index (χ4v) is 2.02. The second-order valence-corrected chi connectivity index (χ2v) is 3.97. The van der Waals surface area contributed by atoms with Crippen molar-refractivity contribution >= 4 is 16.9 Å². The fraction of sp³-hybridized carbons (Fsp3) is 0.308. The average Bonchev–Trinajstić information content (AvgIpc) is 2.73. The number of fused-ring (bicyclic) bond motifs is 1. The van der Waals surface area contributed by atoms with Gasteiger partial charge in [0, 0.05) is 5.39 Å². The zero-order valence-corrected chi connectivity index (χ0v) is 10.4. The molecule has 0 aliphatic rings. The molecule has 0 saturated carbocycles. The molecular formula is C13H15NO3. The van der Waals surface area contributed by atoms with E-state index >= 15 is 0 Å². The predicted octanol–water partition coefficient (Wildman–Crippen LogP) is 2.58. The lowest BCUT2D eigenvalue weighted by atomic mass is 10.1. The van der Waals surface area contributed by atoms with Crippen LogP contribution in [0.3, 0.4) is 0 Å². The van der Waals surface area contributed by atoms with E-state index in [1.165, 1.54) is 7.11 Å². The summed E-state index contributed by atoms with van der Waals surface area (Å²) in [6, 6.07) is 4.02. The van der Waals surface area contributed by atoms with Crippen LogP contribution < -0.4 is 4.74 Å². The third-order valence-electron chi connectivity index (χ3n) is 2.92. The van der Waals surface area contributed by atoms with Gasteiger partial charge >= 0.3 is 5.97 Å². The molecule has 2 rings (SSSR count). The summed E-state index contributed by atoms with van der Waals surface area (Å²) >= 11 is 0. The Morgan fingerprint density at radius 2 is 1.82 bits per heavy atom. The molecule has 1 heterocycles. The highest BCUT2D eigenvalue weighted by molar-refractivity contribution is 6.03. The quantitative estimate of drug-likeness (QED) is 0.811. The number of esters is 1. The normalized spacial score (nSPS) is 10.6. The van der Waals surface area contributed by atoms with E-state index in [1.54, 1.807) is 7.11 Å². The maximum atomic E-state index is 11.7. The molecule has 0 fully saturated rings. The number of aromatic nitrogens is 1. The van der Waals surface area contributed by atoms with Gasteiger partial charge in [0.2, 0.25) is 0 Å². The van der Waals surface area contributed by atoms with Crippen molar-refractivity contribution in [1.82, 2.24) is 4.98 Å². The minimum Gasteiger partial charge on any atom is -0.494 e. The topological polar surface area (TPSA) is 51.3 Å². The summed E-state index contributed by atoms with van der Waals surface area (Å²) in [4.78, 5) is 14.7. The maximum Gasteiger partial charge on any atom is 0.358 e. The van der Waals surface area contributed by atoms with Crippen molar-refractivity contribution in [2.75, 3.05) is 14.2 Å². The Labute approximate surface area is 99.5 Å². The first-order valence-corrected chi connectivity index (χ1v) is 5.34. The molecule has 1 aromatic carbocycles. The number of hydrogen-bond acceptors (Lipinski definition) is 3. The average molecular weight is 233 g/mol. The van der Waals surface area contributed by atoms with E-state index in [4.69, 9.17) is 9.47 Å². The molecule has 0 aliphatic carbocycles. The highest BCUT2D eigenvalue weighted by Crippen LogP contribution is 2.34. The Hall–Kier alpha value is -1.97. The SMILES string of the molecule is COC(=O)c1[nH]c2c(C)ccc(C)c2c1OC. The summed E-state index contributed by atoms with van der Waals surface area (Å²) < 4.78 is 10.1. The molecule has 0 radical (unpaired) electrons. The smallest absolute Gasteiger partial charge is 0.358 e. The number of benzene rings is 1. The lowest BCUT2D eigenvalue weighted by Gasteiger charge is -2.03. The van der Waals surface area contributed by atoms with Crippen molar-refractivity contribution in [2.24, 2.45) is 0 Å². The molecule has 4 nitrogen and oxygen atoms in total. The number of methoxy groups -OCH3 is 2. The summed E-state index contributed by atoms with van der Waals surface area (Å²) in [5.74, 6) is 0.130. The van der Waals surface area contributed by atoms with Gasteiger partial charge in [-0.05, 0) is 25.0 Å². The van der Waals surface area contributed by atoms with E-state index in [1.807, 2.05) is 26.0 Å². The largest absolute Gasteiger partial charge is 0.494 e. The third kappa shape index (κ3) is 1.65. The van der Waals surface area contributed by atoms with Gasteiger partial charge in [-0.2, -0.15) is 0 Å². The zero-order valence-electron chi connectivity index (χ0n) is 10.4. The van der Waals surface area contributed by atoms with Gasteiger partial charge in [0.25, 0.3) is 0 Å². The highest BCUT2D eigenvalue weighted by Gasteiger charge is 2.21. The number of carbonyl (C=O) groups is 1. The van der Waals surface area contributed by atoms with E-state index in [2.05, 4.69) is 4.98 Å². The van der Waals surface area contributed by atoms with E-state index in [-0.39, 0.29) is 0 Å². The Bertz CT molecular complexity index is 584. The molecule has 17 heavy (non-hydrogen) atoms. The van der Waals surface area contributed by atoms with Crippen LogP contribution in [-0.2, 0) is 4.74 Å². The van der Waals surface area contributed by atoms with Gasteiger partial charge < -0.3 is 14.5 Å². The number of H-pyrrole nitrogens is 1. The molecule has 0 aliphatic heterocycles. The van der Waals surface area contributed by atoms with Crippen molar-refractivity contribution in [3.8, 4) is 5.75 Å². The molecule has 0 spiro atoms. The summed E-state index contributed by atoms with van der Waals surface area (Å²) in [6.45, 7) is 3.97. The molecule has 2 aromatic rings. The molecule has 0 atom stereocenters. The summed E-state index contributed by atoms with van der Waals surface area (Å²) in [5, 5.41) is 0.938. The van der Waals surface area contributed by atoms with Crippen molar-refractivity contribution in [2.45, 2.75) is 13.8 Å². The molecule has 1 N–H and O–H groups in total. The first kappa shape index (κ1) is 11.5. The van der Waals surface area contributed by atoms with Crippen molar-refractivity contribution < 1.29 is 14.3 Å². The van der Waals surface area contributed by atoms with Crippen molar-refractivity contribution in [3.63, 3.8) is 0 Å². The van der Waals surface area contributed by atoms with Gasteiger partial charge in [-0.15, -0.1) is 0 Å². The number of rotatable bonds is 2. The monoisotopic (exact) mass is 233 g/mol. The van der Waals surface area contributed by atoms with Gasteiger partial charge in [-0.25, -0.2) is 4.79 Å². The van der Waals surface area contributed by atoms with Crippen LogP contribution in [0.5, 0.6) is 5.75 Å². The predicted molar refractivity (Wildman–Crippen MR) is 65.7 cm³/mol. The van der Waals surface area contributed by atoms with Gasteiger partial charge in [-0.3, -0.25) is 0 Å². The Kier molecular flexibility index (Phi) is 2.79. The second-order valence-electron chi connectivity index (χ2n) is 3.97. The van der Waals surface area contributed by atoms with Crippen LogP contribution in [-0.4, -0.2) is 25.2 Å². The van der Waals surface area contributed by atoms with Gasteiger partial charge in [0.15, 0.2) is 11.4 Å². The van der Waals surface area contributed by atoms with Crippen LogP contribution in [0.4, 0.5) is 0 Å². The minimum atomic E-state index is -0.420. The van der Waals surface area contributed by atoms with E-state index < -0.39 is 5.97 Å². The lowest BCUT2D eigenvalue weighted by molar-refractivity contribution is 0.0591. The van der Waals surface area contributed by atoms with E-state index in [0.717, 1.165) is 22.0 Å². The summed E-state index contributed by atoms with van der Waals surface area (Å²) in [6.07, 6.45) is 0. The van der Waals surface area contributed by atoms with Crippen LogP contribution in [0, 0.1) is 13.8 Å². The van der Waals surface area contributed by atoms with E-state index in [9.17, 15) is 4.79 Å². The van der Waals surface area contributed by atoms with Gasteiger partial charge in [0.05, 0.1) is 19.7 Å². The number of aryl methyl sites for hydroxylation is 2. The lowest BCUT2D eigenvalue weighted by Crippen LogP contribution is -2.03. The van der Waals surface area contributed by atoms with Gasteiger partial charge in [-0.1, -0.05) is 12.1 Å². The second kappa shape index (κ2) is 4.13. The molecule has 4 heteroatoms. The molecule has 1 aromatic heterocycles. The highest BCUT2D eigenvalue weighted by atomic mass is 16.5. The standard InChI is InChI=1S/C13H15NO3/c1-7-5-6-8(2)10-9(7)12(16-3)11(14-10)13(15)17-4/h5-6,14H,1-4H3. The molecule has 0 amide bonds. The molecular weight excluding hydrogens is 218 g/mol. The van der Waals surface area contributed by atoms with Crippen LogP contribution in [0.25, 0.3) is 10.9 Å². The van der Waals surface area contributed by atoms with Crippen molar-refractivity contribution in [1.29, 1.82) is 0 Å². The molecule has 0 unspecified atom stereocenters. The fourth-order valence-electron chi connectivity index (χ4n) is 2.02. The molecule has 0 saturated heterocycles. The zero-order chi connectivity index (χ0) is 12.6. The van der Waals surface area contributed by atoms with Crippen LogP contribution in [0.15, 0.2) is 12.1 Å². The summed E-state index contributed by atoms with van der Waals surface area (Å²) in [7, 11) is 2.91. The van der Waals surface area contributed by atoms with Crippen LogP contribution in [0.1, 0.15) is 21.6 Å². The van der Waals surface area contributed by atoms with E-state index in [0.29, 0.717) is 11.4 Å². The number of carbonyl (C=O) groups excluding carboxylic acids is 1. The summed E-state index contributed by atoms with van der Waals surface area (Å²) in [5.41, 5.74) is 3.41. The number of nitrogens with one attached hydrogen (secondary N) is 1. The molecule has 0 bridgehead atoms. The number of ether oxygens (including phenoxy) is 2. The third-order valence-corrected chi connectivity index (χ3v) is 2.92. The maximum absolute atomic E-state index is 11.7. The Morgan fingerprint density at radius 1 is 1.18 bits per heavy atom. The van der Waals surface area contributed by atoms with Crippen LogP contribution in [0.2, 0.25) is 0 Å². The van der Waals surface area contributed by atoms with Gasteiger partial charge in [0.1, 0.15) is 0 Å². The van der Waals surface area contributed by atoms with Crippen molar-refractivity contribution in [3.05, 3.63) is 29.0 Å². The Balaban J connectivity index is 2.84. The number of hydrogen-bond donors (Lipinski definition) is 1. The first-order chi connectivity index (χ1) is 8.10. The first-order valence-electron chi connectivity index (χ1n) is 5.34.